The van der Waals surface area contributed by atoms with Crippen LogP contribution >= 0.6 is 0 Å². The van der Waals surface area contributed by atoms with E-state index < -0.39 is 0 Å². The molecule has 1 saturated carbocycles. The van der Waals surface area contributed by atoms with Crippen LogP contribution in [-0.2, 0) is 6.42 Å². The zero-order valence-corrected chi connectivity index (χ0v) is 10.7. The molecule has 0 aliphatic heterocycles. The summed E-state index contributed by atoms with van der Waals surface area (Å²) in [6.45, 7) is 2.08. The molecule has 4 N–H and O–H groups in total. The molecule has 0 radical (unpaired) electrons. The highest BCUT2D eigenvalue weighted by atomic mass is 16.1. The van der Waals surface area contributed by atoms with Gasteiger partial charge in [-0.05, 0) is 37.8 Å². The molecule has 1 heterocycles. The van der Waals surface area contributed by atoms with E-state index in [0.29, 0.717) is 17.4 Å². The van der Waals surface area contributed by atoms with E-state index in [1.807, 2.05) is 6.07 Å². The van der Waals surface area contributed by atoms with E-state index in [4.69, 9.17) is 5.84 Å². The van der Waals surface area contributed by atoms with E-state index in [9.17, 15) is 4.79 Å². The van der Waals surface area contributed by atoms with Crippen molar-refractivity contribution in [2.45, 2.75) is 45.1 Å². The van der Waals surface area contributed by atoms with Crippen molar-refractivity contribution in [2.24, 2.45) is 5.84 Å². The Kier molecular flexibility index (Phi) is 4.15. The minimum absolute atomic E-state index is 0.0315. The number of amides is 1. The van der Waals surface area contributed by atoms with Gasteiger partial charge in [-0.15, -0.1) is 0 Å². The molecule has 1 aromatic heterocycles. The summed E-state index contributed by atoms with van der Waals surface area (Å²) in [7, 11) is 0. The van der Waals surface area contributed by atoms with Crippen molar-refractivity contribution >= 4 is 11.7 Å². The molecule has 18 heavy (non-hydrogen) atoms. The van der Waals surface area contributed by atoms with Crippen LogP contribution in [0.1, 0.15) is 48.7 Å². The summed E-state index contributed by atoms with van der Waals surface area (Å²) in [4.78, 5) is 16.4. The molecule has 0 spiro atoms. The summed E-state index contributed by atoms with van der Waals surface area (Å²) in [6, 6.07) is 3.88. The Morgan fingerprint density at radius 1 is 1.50 bits per heavy atom. The summed E-state index contributed by atoms with van der Waals surface area (Å²) in [5.41, 5.74) is 4.04. The monoisotopic (exact) mass is 248 g/mol. The van der Waals surface area contributed by atoms with Crippen LogP contribution in [0, 0.1) is 0 Å². The van der Waals surface area contributed by atoms with Gasteiger partial charge in [0.2, 0.25) is 0 Å². The molecule has 0 bridgehead atoms. The van der Waals surface area contributed by atoms with Crippen LogP contribution in [0.5, 0.6) is 0 Å². The molecule has 0 saturated heterocycles. The number of hydrazine groups is 1. The summed E-state index contributed by atoms with van der Waals surface area (Å²) in [5, 5.41) is 3.02. The van der Waals surface area contributed by atoms with Crippen molar-refractivity contribution in [1.29, 1.82) is 0 Å². The van der Waals surface area contributed by atoms with Crippen LogP contribution in [0.25, 0.3) is 0 Å². The molecule has 2 rings (SSSR count). The zero-order chi connectivity index (χ0) is 13.0. The van der Waals surface area contributed by atoms with Gasteiger partial charge in [-0.1, -0.05) is 13.3 Å². The van der Waals surface area contributed by atoms with Crippen LogP contribution in [-0.4, -0.2) is 16.9 Å². The van der Waals surface area contributed by atoms with Crippen molar-refractivity contribution in [3.63, 3.8) is 0 Å². The number of anilines is 1. The van der Waals surface area contributed by atoms with Gasteiger partial charge in [0.1, 0.15) is 5.82 Å². The van der Waals surface area contributed by atoms with Crippen molar-refractivity contribution in [1.82, 2.24) is 10.3 Å². The third-order valence-electron chi connectivity index (χ3n) is 3.23. The number of pyridine rings is 1. The van der Waals surface area contributed by atoms with Gasteiger partial charge < -0.3 is 10.7 Å². The van der Waals surface area contributed by atoms with E-state index in [1.54, 1.807) is 6.07 Å². The molecule has 1 fully saturated rings. The summed E-state index contributed by atoms with van der Waals surface area (Å²) < 4.78 is 0. The van der Waals surface area contributed by atoms with Gasteiger partial charge in [-0.25, -0.2) is 10.8 Å². The molecular weight excluding hydrogens is 228 g/mol. The fraction of sp³-hybridized carbons (Fsp3) is 0.538. The van der Waals surface area contributed by atoms with E-state index in [0.717, 1.165) is 31.4 Å². The van der Waals surface area contributed by atoms with Crippen LogP contribution < -0.4 is 16.6 Å². The number of nitrogens with zero attached hydrogens (tertiary/aromatic N) is 1. The second-order valence-corrected chi connectivity index (χ2v) is 4.73. The van der Waals surface area contributed by atoms with Gasteiger partial charge in [0.25, 0.3) is 5.91 Å². The molecule has 0 aromatic carbocycles. The lowest BCUT2D eigenvalue weighted by molar-refractivity contribution is 0.0917. The van der Waals surface area contributed by atoms with Crippen LogP contribution in [0.4, 0.5) is 5.82 Å². The smallest absolute Gasteiger partial charge is 0.251 e. The SMILES string of the molecule is CCCc1cc(C(=O)NC2CCC2)cc(NN)n1. The number of aryl methyl sites for hydroxylation is 1. The summed E-state index contributed by atoms with van der Waals surface area (Å²) in [5.74, 6) is 5.89. The van der Waals surface area contributed by atoms with Crippen molar-refractivity contribution in [2.75, 3.05) is 5.43 Å². The van der Waals surface area contributed by atoms with E-state index in [1.165, 1.54) is 6.42 Å². The lowest BCUT2D eigenvalue weighted by atomic mass is 9.93. The number of nitrogen functional groups attached to an aromatic ring is 1. The Balaban J connectivity index is 2.13. The van der Waals surface area contributed by atoms with Gasteiger partial charge in [-0.2, -0.15) is 0 Å². The fourth-order valence-electron chi connectivity index (χ4n) is 2.00. The molecular formula is C13H20N4O. The number of carbonyl (C=O) groups is 1. The maximum Gasteiger partial charge on any atom is 0.251 e. The zero-order valence-electron chi connectivity index (χ0n) is 10.7. The van der Waals surface area contributed by atoms with Crippen molar-refractivity contribution in [3.05, 3.63) is 23.4 Å². The maximum absolute atomic E-state index is 12.1. The quantitative estimate of drug-likeness (QED) is 0.546. The number of rotatable bonds is 5. The molecule has 5 heteroatoms. The fourth-order valence-corrected chi connectivity index (χ4v) is 2.00. The minimum Gasteiger partial charge on any atom is -0.349 e. The van der Waals surface area contributed by atoms with E-state index in [2.05, 4.69) is 22.7 Å². The normalized spacial score (nSPS) is 15.0. The Hall–Kier alpha value is -1.62. The molecule has 1 amide bonds. The average Bonchev–Trinajstić information content (AvgIpc) is 2.33. The average molecular weight is 248 g/mol. The standard InChI is InChI=1S/C13H20N4O/c1-2-4-11-7-9(8-12(15-11)17-14)13(18)16-10-5-3-6-10/h7-8,10H,2-6,14H2,1H3,(H,15,17)(H,16,18). The van der Waals surface area contributed by atoms with Crippen LogP contribution in [0.2, 0.25) is 0 Å². The summed E-state index contributed by atoms with van der Waals surface area (Å²) >= 11 is 0. The second-order valence-electron chi connectivity index (χ2n) is 4.73. The number of hydrogen-bond donors (Lipinski definition) is 3. The maximum atomic E-state index is 12.1. The first-order chi connectivity index (χ1) is 8.72. The summed E-state index contributed by atoms with van der Waals surface area (Å²) in [6.07, 6.45) is 5.21. The van der Waals surface area contributed by atoms with E-state index in [-0.39, 0.29) is 5.91 Å². The van der Waals surface area contributed by atoms with Crippen molar-refractivity contribution in [3.8, 4) is 0 Å². The molecule has 98 valence electrons. The lowest BCUT2D eigenvalue weighted by Crippen LogP contribution is -2.39. The third kappa shape index (κ3) is 2.98. The Labute approximate surface area is 107 Å². The Morgan fingerprint density at radius 2 is 2.28 bits per heavy atom. The number of hydrogen-bond acceptors (Lipinski definition) is 4. The highest BCUT2D eigenvalue weighted by molar-refractivity contribution is 5.95. The first-order valence-corrected chi connectivity index (χ1v) is 6.51. The number of carbonyl (C=O) groups excluding carboxylic acids is 1. The molecule has 1 aromatic rings. The van der Waals surface area contributed by atoms with Crippen LogP contribution in [0.3, 0.4) is 0 Å². The third-order valence-corrected chi connectivity index (χ3v) is 3.23. The van der Waals surface area contributed by atoms with Crippen LogP contribution in [0.15, 0.2) is 12.1 Å². The van der Waals surface area contributed by atoms with Gasteiger partial charge >= 0.3 is 0 Å². The predicted octanol–water partition coefficient (Wildman–Crippen LogP) is 1.60. The molecule has 1 aliphatic rings. The molecule has 1 aliphatic carbocycles. The highest BCUT2D eigenvalue weighted by Gasteiger charge is 2.20. The number of nitrogens with two attached hydrogens (primary N) is 1. The van der Waals surface area contributed by atoms with Gasteiger partial charge in [0.05, 0.1) is 0 Å². The largest absolute Gasteiger partial charge is 0.349 e. The highest BCUT2D eigenvalue weighted by Crippen LogP contribution is 2.19. The van der Waals surface area contributed by atoms with Gasteiger partial charge in [0.15, 0.2) is 0 Å². The van der Waals surface area contributed by atoms with Gasteiger partial charge in [-0.3, -0.25) is 4.79 Å². The first kappa shape index (κ1) is 12.8. The van der Waals surface area contributed by atoms with Gasteiger partial charge in [0, 0.05) is 17.3 Å². The lowest BCUT2D eigenvalue weighted by Gasteiger charge is -2.26. The molecule has 0 atom stereocenters. The number of aromatic nitrogens is 1. The predicted molar refractivity (Wildman–Crippen MR) is 71.1 cm³/mol. The number of nitrogens with one attached hydrogen (secondary N) is 2. The van der Waals surface area contributed by atoms with Crippen molar-refractivity contribution < 1.29 is 4.79 Å². The Bertz CT molecular complexity index is 429. The topological polar surface area (TPSA) is 80.0 Å². The molecule has 5 nitrogen and oxygen atoms in total. The first-order valence-electron chi connectivity index (χ1n) is 6.51. The van der Waals surface area contributed by atoms with E-state index >= 15 is 0 Å². The minimum atomic E-state index is -0.0315. The molecule has 0 unspecified atom stereocenters. The second kappa shape index (κ2) is 5.82. The Morgan fingerprint density at radius 3 is 2.83 bits per heavy atom.